The Bertz CT molecular complexity index is 937. The Morgan fingerprint density at radius 1 is 1.35 bits per heavy atom. The van der Waals surface area contributed by atoms with Gasteiger partial charge in [0.2, 0.25) is 0 Å². The van der Waals surface area contributed by atoms with Gasteiger partial charge in [0.05, 0.1) is 11.1 Å². The number of H-pyrrole nitrogens is 1. The molecule has 23 heavy (non-hydrogen) atoms. The highest BCUT2D eigenvalue weighted by atomic mass is 79.9. The number of amides is 1. The highest BCUT2D eigenvalue weighted by molar-refractivity contribution is 9.10. The summed E-state index contributed by atoms with van der Waals surface area (Å²) in [5.74, 6) is -0.171. The molecule has 0 spiro atoms. The van der Waals surface area contributed by atoms with E-state index in [1.165, 1.54) is 11.8 Å². The predicted octanol–water partition coefficient (Wildman–Crippen LogP) is 1.28. The maximum atomic E-state index is 12.6. The first kappa shape index (κ1) is 14.5. The van der Waals surface area contributed by atoms with E-state index in [0.717, 1.165) is 20.7 Å². The Hall–Kier alpha value is -2.06. The minimum absolute atomic E-state index is 0.171. The van der Waals surface area contributed by atoms with Gasteiger partial charge in [-0.25, -0.2) is 5.01 Å². The van der Waals surface area contributed by atoms with Gasteiger partial charge in [0, 0.05) is 15.9 Å². The van der Waals surface area contributed by atoms with E-state index in [0.29, 0.717) is 10.9 Å². The van der Waals surface area contributed by atoms with Crippen molar-refractivity contribution in [2.45, 2.75) is 6.17 Å². The van der Waals surface area contributed by atoms with Crippen LogP contribution in [0.5, 0.6) is 0 Å². The fourth-order valence-electron chi connectivity index (χ4n) is 2.65. The summed E-state index contributed by atoms with van der Waals surface area (Å²) in [4.78, 5) is 20.6. The molecule has 0 radical (unpaired) electrons. The van der Waals surface area contributed by atoms with Crippen molar-refractivity contribution in [3.63, 3.8) is 0 Å². The molecule has 1 aromatic heterocycles. The zero-order valence-electron chi connectivity index (χ0n) is 12.1. The van der Waals surface area contributed by atoms with E-state index >= 15 is 0 Å². The van der Waals surface area contributed by atoms with E-state index in [1.54, 1.807) is 5.01 Å². The zero-order valence-corrected chi connectivity index (χ0v) is 14.5. The maximum absolute atomic E-state index is 12.6. The van der Waals surface area contributed by atoms with E-state index in [2.05, 4.69) is 31.3 Å². The van der Waals surface area contributed by atoms with Gasteiger partial charge in [-0.15, -0.1) is 5.10 Å². The number of amidine groups is 1. The summed E-state index contributed by atoms with van der Waals surface area (Å²) < 4.78 is 0.893. The van der Waals surface area contributed by atoms with Crippen LogP contribution in [0.25, 0.3) is 5.70 Å². The van der Waals surface area contributed by atoms with Gasteiger partial charge >= 0.3 is 0 Å². The predicted molar refractivity (Wildman–Crippen MR) is 92.8 cm³/mol. The number of aromatic nitrogens is 1. The van der Waals surface area contributed by atoms with E-state index in [4.69, 9.17) is 4.99 Å². The van der Waals surface area contributed by atoms with Gasteiger partial charge in [-0.2, -0.15) is 0 Å². The number of hydrazone groups is 1. The molecule has 2 N–H and O–H groups in total. The van der Waals surface area contributed by atoms with Gasteiger partial charge in [-0.05, 0) is 36.6 Å². The Labute approximate surface area is 144 Å². The number of rotatable bonds is 1. The van der Waals surface area contributed by atoms with Gasteiger partial charge in [0.25, 0.3) is 5.91 Å². The number of nitrogens with one attached hydrogen (secondary N) is 2. The van der Waals surface area contributed by atoms with Crippen LogP contribution < -0.4 is 15.9 Å². The fourth-order valence-corrected chi connectivity index (χ4v) is 3.38. The number of carbonyl (C=O) groups is 1. The first-order valence-corrected chi connectivity index (χ1v) is 8.93. The van der Waals surface area contributed by atoms with Crippen molar-refractivity contribution in [2.24, 2.45) is 10.1 Å². The summed E-state index contributed by atoms with van der Waals surface area (Å²) >= 11 is 4.85. The molecule has 0 saturated heterocycles. The lowest BCUT2D eigenvalue weighted by Crippen LogP contribution is -2.50. The number of halogens is 1. The summed E-state index contributed by atoms with van der Waals surface area (Å²) in [5.41, 5.74) is 1.39. The second-order valence-electron chi connectivity index (χ2n) is 5.05. The van der Waals surface area contributed by atoms with E-state index in [1.807, 2.05) is 42.8 Å². The third kappa shape index (κ3) is 2.38. The topological polar surface area (TPSA) is 72.8 Å². The van der Waals surface area contributed by atoms with Crippen LogP contribution in [0.3, 0.4) is 0 Å². The van der Waals surface area contributed by atoms with E-state index in [-0.39, 0.29) is 12.1 Å². The third-order valence-corrected chi connectivity index (χ3v) is 4.73. The van der Waals surface area contributed by atoms with Crippen molar-refractivity contribution in [1.29, 1.82) is 0 Å². The Morgan fingerprint density at radius 2 is 2.22 bits per heavy atom. The minimum atomic E-state index is -0.387. The Kier molecular flexibility index (Phi) is 3.50. The van der Waals surface area contributed by atoms with Gasteiger partial charge in [-0.3, -0.25) is 15.1 Å². The first-order valence-electron chi connectivity index (χ1n) is 6.91. The second-order valence-corrected chi connectivity index (χ2v) is 6.76. The van der Waals surface area contributed by atoms with Crippen LogP contribution in [0.15, 0.2) is 51.1 Å². The molecule has 1 aromatic carbocycles. The third-order valence-electron chi connectivity index (χ3n) is 3.66. The highest BCUT2D eigenvalue weighted by Crippen LogP contribution is 2.29. The Morgan fingerprint density at radius 3 is 2.96 bits per heavy atom. The summed E-state index contributed by atoms with van der Waals surface area (Å²) in [6.07, 6.45) is 3.33. The molecular formula is C15H12BrN5OS. The molecule has 2 aliphatic heterocycles. The van der Waals surface area contributed by atoms with Crippen molar-refractivity contribution in [3.05, 3.63) is 57.3 Å². The molecule has 0 bridgehead atoms. The quantitative estimate of drug-likeness (QED) is 0.771. The number of hydrogen-bond donors (Lipinski definition) is 2. The average molecular weight is 390 g/mol. The fraction of sp³-hybridized carbons (Fsp3) is 0.133. The van der Waals surface area contributed by atoms with Crippen molar-refractivity contribution >= 4 is 44.5 Å². The van der Waals surface area contributed by atoms with Crippen molar-refractivity contribution < 1.29 is 4.79 Å². The molecule has 116 valence electrons. The van der Waals surface area contributed by atoms with Crippen molar-refractivity contribution in [3.8, 4) is 0 Å². The van der Waals surface area contributed by atoms with Crippen LogP contribution in [0.4, 0.5) is 0 Å². The number of fused-ring (bicyclic) bond motifs is 2. The van der Waals surface area contributed by atoms with Crippen LogP contribution >= 0.6 is 27.7 Å². The first-order chi connectivity index (χ1) is 11.2. The zero-order chi connectivity index (χ0) is 16.0. The maximum Gasteiger partial charge on any atom is 0.276 e. The molecule has 0 fully saturated rings. The van der Waals surface area contributed by atoms with E-state index in [9.17, 15) is 4.79 Å². The SMILES string of the molecule is CSC1=NN2C(=c3cc(Br)ccc3=NC2c2ccc[nH]2)C(=O)N1. The smallest absolute Gasteiger partial charge is 0.276 e. The molecule has 0 saturated carbocycles. The molecule has 8 heteroatoms. The summed E-state index contributed by atoms with van der Waals surface area (Å²) in [5, 5.41) is 11.2. The summed E-state index contributed by atoms with van der Waals surface area (Å²) in [7, 11) is 0. The molecular weight excluding hydrogens is 378 g/mol. The van der Waals surface area contributed by atoms with Gasteiger partial charge in [0.15, 0.2) is 11.3 Å². The van der Waals surface area contributed by atoms with Crippen LogP contribution in [-0.2, 0) is 4.79 Å². The van der Waals surface area contributed by atoms with Crippen molar-refractivity contribution in [2.75, 3.05) is 6.26 Å². The van der Waals surface area contributed by atoms with Crippen molar-refractivity contribution in [1.82, 2.24) is 15.3 Å². The summed E-state index contributed by atoms with van der Waals surface area (Å²) in [6, 6.07) is 9.56. The molecule has 6 nitrogen and oxygen atoms in total. The lowest BCUT2D eigenvalue weighted by atomic mass is 10.1. The lowest BCUT2D eigenvalue weighted by Gasteiger charge is -2.33. The molecule has 1 amide bonds. The highest BCUT2D eigenvalue weighted by Gasteiger charge is 2.34. The normalized spacial score (nSPS) is 19.5. The van der Waals surface area contributed by atoms with Gasteiger partial charge < -0.3 is 4.98 Å². The molecule has 1 atom stereocenters. The average Bonchev–Trinajstić information content (AvgIpc) is 3.07. The number of benzene rings is 1. The number of hydrogen-bond acceptors (Lipinski definition) is 5. The molecule has 1 unspecified atom stereocenters. The molecule has 3 heterocycles. The molecule has 2 aliphatic rings. The standard InChI is InChI=1S/C15H12BrN5OS/c1-23-15-19-14(22)12-9-7-8(16)4-5-10(9)18-13(21(12)20-15)11-3-2-6-17-11/h2-7,13,17H,1H3,(H,19,20,22). The minimum Gasteiger partial charge on any atom is -0.362 e. The number of carbonyl (C=O) groups excluding carboxylic acids is 1. The lowest BCUT2D eigenvalue weighted by molar-refractivity contribution is -0.116. The Balaban J connectivity index is 2.03. The monoisotopic (exact) mass is 389 g/mol. The van der Waals surface area contributed by atoms with Gasteiger partial charge in [0.1, 0.15) is 5.70 Å². The number of thioether (sulfide) groups is 1. The van der Waals surface area contributed by atoms with E-state index < -0.39 is 0 Å². The number of nitrogens with zero attached hydrogens (tertiary/aromatic N) is 3. The molecule has 0 aliphatic carbocycles. The second kappa shape index (κ2) is 5.54. The molecule has 4 rings (SSSR count). The van der Waals surface area contributed by atoms with Crippen LogP contribution in [-0.4, -0.2) is 27.3 Å². The summed E-state index contributed by atoms with van der Waals surface area (Å²) in [6.45, 7) is 0. The van der Waals surface area contributed by atoms with Gasteiger partial charge in [-0.1, -0.05) is 27.7 Å². The van der Waals surface area contributed by atoms with Crippen LogP contribution in [0.1, 0.15) is 11.9 Å². The van der Waals surface area contributed by atoms with Crippen LogP contribution in [0.2, 0.25) is 0 Å². The largest absolute Gasteiger partial charge is 0.362 e. The van der Waals surface area contributed by atoms with Crippen LogP contribution in [0, 0.1) is 0 Å². The molecule has 2 aromatic rings. The number of aromatic amines is 1.